The Morgan fingerprint density at radius 2 is 2.27 bits per heavy atom. The van der Waals surface area contributed by atoms with E-state index in [-0.39, 0.29) is 6.03 Å². The van der Waals surface area contributed by atoms with E-state index in [2.05, 4.69) is 19.2 Å². The van der Waals surface area contributed by atoms with E-state index in [0.29, 0.717) is 19.1 Å². The average Bonchev–Trinajstić information content (AvgIpc) is 2.20. The van der Waals surface area contributed by atoms with Crippen LogP contribution in [-0.4, -0.2) is 43.8 Å². The molecule has 0 aromatic heterocycles. The Kier molecular flexibility index (Phi) is 5.47. The Bertz CT molecular complexity index is 195. The van der Waals surface area contributed by atoms with Gasteiger partial charge in [0.2, 0.25) is 0 Å². The molecule has 2 amide bonds. The van der Waals surface area contributed by atoms with Crippen molar-refractivity contribution in [2.24, 2.45) is 5.92 Å². The summed E-state index contributed by atoms with van der Waals surface area (Å²) in [5.41, 5.74) is 0. The van der Waals surface area contributed by atoms with Gasteiger partial charge in [0.25, 0.3) is 0 Å². The molecule has 0 aromatic carbocycles. The van der Waals surface area contributed by atoms with Crippen LogP contribution in [0.15, 0.2) is 0 Å². The first-order valence-corrected chi connectivity index (χ1v) is 5.80. The smallest absolute Gasteiger partial charge is 0.317 e. The minimum absolute atomic E-state index is 0.0497. The minimum atomic E-state index is 0.0497. The van der Waals surface area contributed by atoms with Crippen LogP contribution in [0.5, 0.6) is 0 Å². The molecule has 88 valence electrons. The summed E-state index contributed by atoms with van der Waals surface area (Å²) >= 11 is 0. The van der Waals surface area contributed by atoms with Gasteiger partial charge in [0, 0.05) is 26.2 Å². The predicted molar refractivity (Wildman–Crippen MR) is 59.9 cm³/mol. The average molecular weight is 214 g/mol. The number of ether oxygens (including phenoxy) is 1. The van der Waals surface area contributed by atoms with Gasteiger partial charge in [0.05, 0.1) is 6.61 Å². The van der Waals surface area contributed by atoms with Crippen molar-refractivity contribution < 1.29 is 9.53 Å². The summed E-state index contributed by atoms with van der Waals surface area (Å²) in [4.78, 5) is 13.1. The van der Waals surface area contributed by atoms with Crippen molar-refractivity contribution in [2.45, 2.75) is 26.7 Å². The Morgan fingerprint density at radius 1 is 1.47 bits per heavy atom. The summed E-state index contributed by atoms with van der Waals surface area (Å²) in [5.74, 6) is 0.684. The lowest BCUT2D eigenvalue weighted by Gasteiger charge is -2.27. The zero-order chi connectivity index (χ0) is 11.1. The number of carbonyl (C=O) groups is 1. The Balaban J connectivity index is 2.01. The fraction of sp³-hybridized carbons (Fsp3) is 0.909. The molecule has 0 radical (unpaired) electrons. The van der Waals surface area contributed by atoms with Gasteiger partial charge >= 0.3 is 6.03 Å². The van der Waals surface area contributed by atoms with Gasteiger partial charge < -0.3 is 15.0 Å². The fourth-order valence-corrected chi connectivity index (χ4v) is 1.49. The second-order valence-electron chi connectivity index (χ2n) is 4.37. The van der Waals surface area contributed by atoms with E-state index in [1.54, 1.807) is 0 Å². The second-order valence-corrected chi connectivity index (χ2v) is 4.37. The maximum absolute atomic E-state index is 11.3. The summed E-state index contributed by atoms with van der Waals surface area (Å²) in [6, 6.07) is 0.0497. The number of urea groups is 1. The predicted octanol–water partition coefficient (Wildman–Crippen LogP) is 1.46. The summed E-state index contributed by atoms with van der Waals surface area (Å²) in [5, 5.41) is 2.82. The molecule has 0 bridgehead atoms. The fourth-order valence-electron chi connectivity index (χ4n) is 1.49. The van der Waals surface area contributed by atoms with Gasteiger partial charge in [-0.15, -0.1) is 0 Å². The largest absolute Gasteiger partial charge is 0.380 e. The van der Waals surface area contributed by atoms with Crippen molar-refractivity contribution in [2.75, 3.05) is 32.8 Å². The Hall–Kier alpha value is -0.770. The zero-order valence-electron chi connectivity index (χ0n) is 9.79. The van der Waals surface area contributed by atoms with Gasteiger partial charge in [0.15, 0.2) is 0 Å². The maximum Gasteiger partial charge on any atom is 0.317 e. The van der Waals surface area contributed by atoms with Crippen molar-refractivity contribution >= 4 is 6.03 Å². The molecule has 1 rings (SSSR count). The van der Waals surface area contributed by atoms with Crippen LogP contribution in [0.1, 0.15) is 26.7 Å². The van der Waals surface area contributed by atoms with Crippen LogP contribution < -0.4 is 5.32 Å². The number of hydrogen-bond donors (Lipinski definition) is 1. The molecule has 1 saturated heterocycles. The third-order valence-corrected chi connectivity index (χ3v) is 2.51. The van der Waals surface area contributed by atoms with Gasteiger partial charge in [0.1, 0.15) is 0 Å². The lowest BCUT2D eigenvalue weighted by Crippen LogP contribution is -2.47. The Morgan fingerprint density at radius 3 is 2.93 bits per heavy atom. The van der Waals surface area contributed by atoms with E-state index < -0.39 is 0 Å². The van der Waals surface area contributed by atoms with Gasteiger partial charge in [-0.2, -0.15) is 0 Å². The molecule has 4 heteroatoms. The molecule has 0 atom stereocenters. The van der Waals surface area contributed by atoms with Crippen molar-refractivity contribution in [3.05, 3.63) is 0 Å². The molecule has 4 nitrogen and oxygen atoms in total. The molecule has 0 aliphatic carbocycles. The monoisotopic (exact) mass is 214 g/mol. The normalized spacial score (nSPS) is 17.0. The lowest BCUT2D eigenvalue weighted by atomic mass is 10.1. The molecule has 0 spiro atoms. The van der Waals surface area contributed by atoms with Crippen LogP contribution in [0.3, 0.4) is 0 Å². The lowest BCUT2D eigenvalue weighted by molar-refractivity contribution is 0.0985. The van der Waals surface area contributed by atoms with E-state index in [9.17, 15) is 4.79 Å². The molecule has 1 heterocycles. The number of rotatable bonds is 6. The minimum Gasteiger partial charge on any atom is -0.380 e. The summed E-state index contributed by atoms with van der Waals surface area (Å²) in [7, 11) is 0. The third-order valence-electron chi connectivity index (χ3n) is 2.51. The summed E-state index contributed by atoms with van der Waals surface area (Å²) in [6.07, 6.45) is 2.13. The highest BCUT2D eigenvalue weighted by Gasteiger charge is 2.16. The van der Waals surface area contributed by atoms with Crippen LogP contribution >= 0.6 is 0 Å². The molecule has 0 unspecified atom stereocenters. The highest BCUT2D eigenvalue weighted by Crippen LogP contribution is 2.01. The second kappa shape index (κ2) is 6.67. The number of carbonyl (C=O) groups excluding carboxylic acids is 1. The first-order valence-electron chi connectivity index (χ1n) is 5.80. The molecular weight excluding hydrogens is 192 g/mol. The van der Waals surface area contributed by atoms with Crippen LogP contribution in [0.4, 0.5) is 4.79 Å². The summed E-state index contributed by atoms with van der Waals surface area (Å²) in [6.45, 7) is 8.20. The highest BCUT2D eigenvalue weighted by atomic mass is 16.5. The number of nitrogens with one attached hydrogen (secondary N) is 1. The van der Waals surface area contributed by atoms with E-state index in [0.717, 1.165) is 32.5 Å². The van der Waals surface area contributed by atoms with E-state index in [4.69, 9.17) is 4.74 Å². The van der Waals surface area contributed by atoms with Gasteiger partial charge in [-0.3, -0.25) is 0 Å². The SMILES string of the molecule is CC(C)CCOCCN1CCCNC1=O. The van der Waals surface area contributed by atoms with Gasteiger partial charge in [-0.25, -0.2) is 4.79 Å². The number of nitrogens with zero attached hydrogens (tertiary/aromatic N) is 1. The van der Waals surface area contributed by atoms with E-state index in [1.807, 2.05) is 4.90 Å². The Labute approximate surface area is 92.0 Å². The third kappa shape index (κ3) is 5.02. The van der Waals surface area contributed by atoms with Crippen molar-refractivity contribution in [1.82, 2.24) is 10.2 Å². The molecule has 1 aliphatic heterocycles. The topological polar surface area (TPSA) is 41.6 Å². The zero-order valence-corrected chi connectivity index (χ0v) is 9.79. The van der Waals surface area contributed by atoms with Gasteiger partial charge in [-0.1, -0.05) is 13.8 Å². The number of hydrogen-bond acceptors (Lipinski definition) is 2. The van der Waals surface area contributed by atoms with Crippen molar-refractivity contribution in [3.8, 4) is 0 Å². The van der Waals surface area contributed by atoms with E-state index >= 15 is 0 Å². The van der Waals surface area contributed by atoms with Crippen LogP contribution in [-0.2, 0) is 4.74 Å². The number of amides is 2. The first kappa shape index (κ1) is 12.3. The molecule has 0 saturated carbocycles. The van der Waals surface area contributed by atoms with Crippen LogP contribution in [0, 0.1) is 5.92 Å². The molecule has 15 heavy (non-hydrogen) atoms. The maximum atomic E-state index is 11.3. The van der Waals surface area contributed by atoms with Crippen LogP contribution in [0.25, 0.3) is 0 Å². The highest BCUT2D eigenvalue weighted by molar-refractivity contribution is 5.74. The van der Waals surface area contributed by atoms with Crippen molar-refractivity contribution in [1.29, 1.82) is 0 Å². The molecular formula is C11H22N2O2. The quantitative estimate of drug-likeness (QED) is 0.680. The molecule has 1 N–H and O–H groups in total. The van der Waals surface area contributed by atoms with Gasteiger partial charge in [-0.05, 0) is 18.8 Å². The first-order chi connectivity index (χ1) is 7.20. The van der Waals surface area contributed by atoms with Crippen LogP contribution in [0.2, 0.25) is 0 Å². The molecule has 1 fully saturated rings. The standard InChI is InChI=1S/C11H22N2O2/c1-10(2)4-8-15-9-7-13-6-3-5-12-11(13)14/h10H,3-9H2,1-2H3,(H,12,14). The van der Waals surface area contributed by atoms with E-state index in [1.165, 1.54) is 0 Å². The summed E-state index contributed by atoms with van der Waals surface area (Å²) < 4.78 is 5.47. The van der Waals surface area contributed by atoms with Crippen molar-refractivity contribution in [3.63, 3.8) is 0 Å². The molecule has 1 aliphatic rings. The molecule has 0 aromatic rings.